The molecule has 0 aliphatic carbocycles. The third-order valence-electron chi connectivity index (χ3n) is 4.01. The number of hydrogen-bond donors (Lipinski definition) is 1. The van der Waals surface area contributed by atoms with Gasteiger partial charge in [-0.1, -0.05) is 0 Å². The van der Waals surface area contributed by atoms with Crippen LogP contribution < -0.4 is 5.73 Å². The quantitative estimate of drug-likeness (QED) is 0.758. The van der Waals surface area contributed by atoms with Crippen molar-refractivity contribution in [2.45, 2.75) is 38.3 Å². The van der Waals surface area contributed by atoms with Crippen LogP contribution in [0, 0.1) is 5.92 Å². The molecule has 1 saturated heterocycles. The highest BCUT2D eigenvalue weighted by Crippen LogP contribution is 2.23. The molecule has 2 N–H and O–H groups in total. The maximum absolute atomic E-state index is 5.98. The molecule has 2 atom stereocenters. The number of ether oxygens (including phenoxy) is 1. The van der Waals surface area contributed by atoms with Crippen LogP contribution >= 0.6 is 11.8 Å². The summed E-state index contributed by atoms with van der Waals surface area (Å²) in [6, 6.07) is 1.15. The second-order valence-corrected chi connectivity index (χ2v) is 6.03. The summed E-state index contributed by atoms with van der Waals surface area (Å²) in [6.07, 6.45) is 5.76. The highest BCUT2D eigenvalue weighted by atomic mass is 32.2. The third kappa shape index (κ3) is 4.78. The van der Waals surface area contributed by atoms with Crippen molar-refractivity contribution in [3.8, 4) is 0 Å². The Morgan fingerprint density at radius 2 is 2.06 bits per heavy atom. The van der Waals surface area contributed by atoms with Crippen LogP contribution in [0.25, 0.3) is 0 Å². The molecule has 0 aromatic heterocycles. The van der Waals surface area contributed by atoms with Gasteiger partial charge in [0.2, 0.25) is 0 Å². The third-order valence-corrected chi connectivity index (χ3v) is 4.65. The van der Waals surface area contributed by atoms with Crippen LogP contribution in [0.3, 0.4) is 0 Å². The molecule has 1 rings (SSSR count). The van der Waals surface area contributed by atoms with Crippen molar-refractivity contribution in [2.75, 3.05) is 38.8 Å². The van der Waals surface area contributed by atoms with E-state index < -0.39 is 0 Å². The number of thioether (sulfide) groups is 1. The average molecular weight is 260 g/mol. The predicted molar refractivity (Wildman–Crippen MR) is 76.6 cm³/mol. The number of nitrogens with zero attached hydrogens (tertiary/aromatic N) is 1. The molecular formula is C13H28N2OS. The zero-order valence-electron chi connectivity index (χ0n) is 11.5. The topological polar surface area (TPSA) is 38.5 Å². The van der Waals surface area contributed by atoms with Crippen molar-refractivity contribution in [1.29, 1.82) is 0 Å². The smallest absolute Gasteiger partial charge is 0.0469 e. The zero-order valence-corrected chi connectivity index (χ0v) is 12.3. The molecule has 1 aliphatic rings. The fourth-order valence-electron chi connectivity index (χ4n) is 2.61. The van der Waals surface area contributed by atoms with E-state index in [1.807, 2.05) is 11.8 Å². The molecule has 0 spiro atoms. The van der Waals surface area contributed by atoms with Gasteiger partial charge in [-0.15, -0.1) is 0 Å². The van der Waals surface area contributed by atoms with Crippen LogP contribution in [-0.4, -0.2) is 55.8 Å². The molecule has 0 aromatic rings. The minimum atomic E-state index is 0.524. The summed E-state index contributed by atoms with van der Waals surface area (Å²) in [7, 11) is 2.23. The molecule has 102 valence electrons. The monoisotopic (exact) mass is 260 g/mol. The number of likely N-dealkylation sites (N-methyl/N-ethyl adjacent to an activating group) is 1. The molecule has 0 bridgehead atoms. The summed E-state index contributed by atoms with van der Waals surface area (Å²) in [5.74, 6) is 1.95. The Morgan fingerprint density at radius 3 is 2.59 bits per heavy atom. The lowest BCUT2D eigenvalue weighted by atomic mass is 9.90. The van der Waals surface area contributed by atoms with Crippen molar-refractivity contribution in [1.82, 2.24) is 4.90 Å². The van der Waals surface area contributed by atoms with Crippen LogP contribution in [0.5, 0.6) is 0 Å². The number of nitrogens with two attached hydrogens (primary N) is 1. The molecule has 17 heavy (non-hydrogen) atoms. The van der Waals surface area contributed by atoms with Crippen molar-refractivity contribution >= 4 is 11.8 Å². The Morgan fingerprint density at radius 1 is 1.41 bits per heavy atom. The molecule has 0 amide bonds. The molecule has 4 heteroatoms. The molecule has 1 fully saturated rings. The van der Waals surface area contributed by atoms with E-state index in [0.29, 0.717) is 12.1 Å². The highest BCUT2D eigenvalue weighted by molar-refractivity contribution is 7.98. The van der Waals surface area contributed by atoms with Gasteiger partial charge in [0.25, 0.3) is 0 Å². The summed E-state index contributed by atoms with van der Waals surface area (Å²) >= 11 is 1.92. The summed E-state index contributed by atoms with van der Waals surface area (Å²) in [5, 5.41) is 0. The maximum atomic E-state index is 5.98. The summed E-state index contributed by atoms with van der Waals surface area (Å²) < 4.78 is 5.44. The van der Waals surface area contributed by atoms with Gasteiger partial charge >= 0.3 is 0 Å². The average Bonchev–Trinajstić information content (AvgIpc) is 2.38. The van der Waals surface area contributed by atoms with Gasteiger partial charge in [-0.05, 0) is 51.2 Å². The van der Waals surface area contributed by atoms with Gasteiger partial charge in [0, 0.05) is 31.8 Å². The standard InChI is InChI=1S/C13H28N2OS/c1-11(6-9-17-3)15(2)13(10-14)12-4-7-16-8-5-12/h11-13H,4-10,14H2,1-3H3. The SMILES string of the molecule is CSCCC(C)N(C)C(CN)C1CCOCC1. The van der Waals surface area contributed by atoms with Gasteiger partial charge in [0.1, 0.15) is 0 Å². The predicted octanol–water partition coefficient (Wildman–Crippen LogP) is 1.81. The highest BCUT2D eigenvalue weighted by Gasteiger charge is 2.28. The van der Waals surface area contributed by atoms with Crippen molar-refractivity contribution in [2.24, 2.45) is 11.7 Å². The number of hydrogen-bond acceptors (Lipinski definition) is 4. The Balaban J connectivity index is 2.46. The molecule has 1 aliphatic heterocycles. The van der Waals surface area contributed by atoms with Gasteiger partial charge in [-0.3, -0.25) is 4.90 Å². The van der Waals surface area contributed by atoms with E-state index in [0.717, 1.165) is 25.7 Å². The fourth-order valence-corrected chi connectivity index (χ4v) is 3.19. The van der Waals surface area contributed by atoms with Crippen molar-refractivity contribution < 1.29 is 4.74 Å². The minimum Gasteiger partial charge on any atom is -0.381 e. The van der Waals surface area contributed by atoms with Gasteiger partial charge in [-0.25, -0.2) is 0 Å². The molecule has 2 unspecified atom stereocenters. The molecule has 3 nitrogen and oxygen atoms in total. The van der Waals surface area contributed by atoms with Gasteiger partial charge < -0.3 is 10.5 Å². The number of rotatable bonds is 7. The first-order valence-electron chi connectivity index (χ1n) is 6.69. The Hall–Kier alpha value is 0.230. The van der Waals surface area contributed by atoms with E-state index in [1.165, 1.54) is 25.0 Å². The molecule has 0 aromatic carbocycles. The normalized spacial score (nSPS) is 21.7. The van der Waals surface area contributed by atoms with E-state index in [2.05, 4.69) is 25.1 Å². The van der Waals surface area contributed by atoms with Gasteiger partial charge in [-0.2, -0.15) is 11.8 Å². The van der Waals surface area contributed by atoms with Crippen molar-refractivity contribution in [3.63, 3.8) is 0 Å². The maximum Gasteiger partial charge on any atom is 0.0469 e. The van der Waals surface area contributed by atoms with Crippen LogP contribution in [0.15, 0.2) is 0 Å². The van der Waals surface area contributed by atoms with Crippen molar-refractivity contribution in [3.05, 3.63) is 0 Å². The summed E-state index contributed by atoms with van der Waals surface area (Å²) in [4.78, 5) is 2.49. The second-order valence-electron chi connectivity index (χ2n) is 5.05. The Bertz CT molecular complexity index is 198. The fraction of sp³-hybridized carbons (Fsp3) is 1.00. The van der Waals surface area contributed by atoms with E-state index in [9.17, 15) is 0 Å². The van der Waals surface area contributed by atoms with Crippen LogP contribution in [0.1, 0.15) is 26.2 Å². The lowest BCUT2D eigenvalue weighted by Gasteiger charge is -2.39. The largest absolute Gasteiger partial charge is 0.381 e. The van der Waals surface area contributed by atoms with Crippen LogP contribution in [-0.2, 0) is 4.74 Å². The molecule has 0 radical (unpaired) electrons. The Labute approximate surface area is 110 Å². The van der Waals surface area contributed by atoms with Gasteiger partial charge in [0.15, 0.2) is 0 Å². The molecular weight excluding hydrogens is 232 g/mol. The van der Waals surface area contributed by atoms with Gasteiger partial charge in [0.05, 0.1) is 0 Å². The summed E-state index contributed by atoms with van der Waals surface area (Å²) in [6.45, 7) is 4.91. The first-order chi connectivity index (χ1) is 8.20. The van der Waals surface area contributed by atoms with E-state index in [4.69, 9.17) is 10.5 Å². The van der Waals surface area contributed by atoms with E-state index >= 15 is 0 Å². The van der Waals surface area contributed by atoms with Crippen LogP contribution in [0.4, 0.5) is 0 Å². The first kappa shape index (κ1) is 15.3. The minimum absolute atomic E-state index is 0.524. The van der Waals surface area contributed by atoms with Crippen LogP contribution in [0.2, 0.25) is 0 Å². The van der Waals surface area contributed by atoms with E-state index in [-0.39, 0.29) is 0 Å². The van der Waals surface area contributed by atoms with E-state index in [1.54, 1.807) is 0 Å². The second kappa shape index (κ2) is 8.35. The Kier molecular flexibility index (Phi) is 7.51. The summed E-state index contributed by atoms with van der Waals surface area (Å²) in [5.41, 5.74) is 5.98. The molecule has 0 saturated carbocycles. The lowest BCUT2D eigenvalue weighted by molar-refractivity contribution is 0.0251. The lowest BCUT2D eigenvalue weighted by Crippen LogP contribution is -2.49. The molecule has 1 heterocycles. The zero-order chi connectivity index (χ0) is 12.7. The first-order valence-corrected chi connectivity index (χ1v) is 8.08.